The van der Waals surface area contributed by atoms with Crippen molar-refractivity contribution < 1.29 is 9.59 Å². The maximum absolute atomic E-state index is 12.8. The van der Waals surface area contributed by atoms with Gasteiger partial charge < -0.3 is 10.2 Å². The summed E-state index contributed by atoms with van der Waals surface area (Å²) in [6.45, 7) is 10.1. The van der Waals surface area contributed by atoms with Gasteiger partial charge in [0.25, 0.3) is 0 Å². The van der Waals surface area contributed by atoms with Crippen LogP contribution in [0.3, 0.4) is 0 Å². The van der Waals surface area contributed by atoms with Gasteiger partial charge >= 0.3 is 0 Å². The van der Waals surface area contributed by atoms with Crippen LogP contribution in [-0.2, 0) is 9.59 Å². The first-order valence-electron chi connectivity index (χ1n) is 7.15. The molecule has 2 unspecified atom stereocenters. The van der Waals surface area contributed by atoms with Gasteiger partial charge in [0.2, 0.25) is 11.8 Å². The molecule has 1 N–H and O–H groups in total. The highest BCUT2D eigenvalue weighted by molar-refractivity contribution is 6.00. The number of nitrogens with zero attached hydrogens (tertiary/aromatic N) is 1. The van der Waals surface area contributed by atoms with E-state index in [1.807, 2.05) is 20.8 Å². The number of hydrogen-bond acceptors (Lipinski definition) is 2. The minimum atomic E-state index is -0.691. The number of hydrogen-bond donors (Lipinski definition) is 1. The van der Waals surface area contributed by atoms with Crippen molar-refractivity contribution in [2.24, 2.45) is 11.8 Å². The fourth-order valence-corrected chi connectivity index (χ4v) is 3.02. The molecule has 4 heteroatoms. The number of carbonyl (C=O) groups excluding carboxylic acids is 2. The smallest absolute Gasteiger partial charge is 0.249 e. The summed E-state index contributed by atoms with van der Waals surface area (Å²) in [4.78, 5) is 26.9. The number of amides is 2. The number of piperazine rings is 1. The molecule has 19 heavy (non-hydrogen) atoms. The van der Waals surface area contributed by atoms with Crippen molar-refractivity contribution in [3.63, 3.8) is 0 Å². The molecule has 106 valence electrons. The summed E-state index contributed by atoms with van der Waals surface area (Å²) in [7, 11) is 0. The van der Waals surface area contributed by atoms with Gasteiger partial charge in [-0.3, -0.25) is 9.59 Å². The van der Waals surface area contributed by atoms with Crippen molar-refractivity contribution in [2.45, 2.75) is 51.6 Å². The predicted molar refractivity (Wildman–Crippen MR) is 74.4 cm³/mol. The van der Waals surface area contributed by atoms with Gasteiger partial charge in [-0.15, -0.1) is 6.58 Å². The van der Waals surface area contributed by atoms with Crippen LogP contribution < -0.4 is 5.32 Å². The molecule has 1 saturated heterocycles. The molecule has 1 heterocycles. The summed E-state index contributed by atoms with van der Waals surface area (Å²) in [5, 5.41) is 2.99. The largest absolute Gasteiger partial charge is 0.340 e. The Morgan fingerprint density at radius 2 is 2.11 bits per heavy atom. The molecule has 2 atom stereocenters. The molecule has 0 aromatic carbocycles. The first-order chi connectivity index (χ1) is 8.91. The van der Waals surface area contributed by atoms with Crippen molar-refractivity contribution in [1.29, 1.82) is 0 Å². The lowest BCUT2D eigenvalue weighted by Crippen LogP contribution is -2.71. The zero-order chi connectivity index (χ0) is 14.2. The van der Waals surface area contributed by atoms with E-state index in [2.05, 4.69) is 11.9 Å². The van der Waals surface area contributed by atoms with Crippen LogP contribution in [0, 0.1) is 11.8 Å². The Bertz CT molecular complexity index is 401. The Morgan fingerprint density at radius 1 is 1.47 bits per heavy atom. The molecule has 1 aliphatic heterocycles. The molecule has 4 nitrogen and oxygen atoms in total. The predicted octanol–water partition coefficient (Wildman–Crippen LogP) is 1.71. The lowest BCUT2D eigenvalue weighted by molar-refractivity contribution is -0.157. The van der Waals surface area contributed by atoms with Crippen molar-refractivity contribution >= 4 is 11.8 Å². The molecule has 2 amide bonds. The molecular formula is C15H24N2O2. The van der Waals surface area contributed by atoms with Gasteiger partial charge in [0, 0.05) is 6.54 Å². The van der Waals surface area contributed by atoms with Gasteiger partial charge in [-0.2, -0.15) is 0 Å². The van der Waals surface area contributed by atoms with Crippen LogP contribution in [0.25, 0.3) is 0 Å². The minimum Gasteiger partial charge on any atom is -0.340 e. The number of rotatable bonds is 5. The summed E-state index contributed by atoms with van der Waals surface area (Å²) in [6, 6.07) is -0.348. The topological polar surface area (TPSA) is 49.4 Å². The molecule has 0 spiro atoms. The summed E-state index contributed by atoms with van der Waals surface area (Å²) >= 11 is 0. The van der Waals surface area contributed by atoms with Crippen LogP contribution in [0.5, 0.6) is 0 Å². The van der Waals surface area contributed by atoms with E-state index < -0.39 is 5.54 Å². The fourth-order valence-electron chi connectivity index (χ4n) is 3.02. The standard InChI is InChI=1S/C15H24N2O2/c1-5-6-9-17-12(10(2)3)13(18)16-15(4,14(17)19)11-7-8-11/h5,10-12H,1,6-9H2,2-4H3,(H,16,18). The van der Waals surface area contributed by atoms with E-state index in [4.69, 9.17) is 0 Å². The van der Waals surface area contributed by atoms with Gasteiger partial charge in [-0.25, -0.2) is 0 Å². The highest BCUT2D eigenvalue weighted by Gasteiger charge is 2.55. The Kier molecular flexibility index (Phi) is 3.70. The van der Waals surface area contributed by atoms with Crippen molar-refractivity contribution in [1.82, 2.24) is 10.2 Å². The Balaban J connectivity index is 2.27. The third-order valence-corrected chi connectivity index (χ3v) is 4.29. The normalized spacial score (nSPS) is 31.6. The second-order valence-electron chi connectivity index (χ2n) is 6.23. The average molecular weight is 264 g/mol. The van der Waals surface area contributed by atoms with Crippen LogP contribution in [0.2, 0.25) is 0 Å². The van der Waals surface area contributed by atoms with Gasteiger partial charge in [0.05, 0.1) is 0 Å². The lowest BCUT2D eigenvalue weighted by Gasteiger charge is -2.46. The van der Waals surface area contributed by atoms with Crippen LogP contribution in [0.15, 0.2) is 12.7 Å². The molecule has 0 bridgehead atoms. The van der Waals surface area contributed by atoms with E-state index in [0.29, 0.717) is 12.5 Å². The van der Waals surface area contributed by atoms with Crippen molar-refractivity contribution in [3.8, 4) is 0 Å². The molecule has 1 aliphatic carbocycles. The summed E-state index contributed by atoms with van der Waals surface area (Å²) < 4.78 is 0. The highest BCUT2D eigenvalue weighted by Crippen LogP contribution is 2.42. The SMILES string of the molecule is C=CCCN1C(=O)C(C)(C2CC2)NC(=O)C1C(C)C. The second-order valence-corrected chi connectivity index (χ2v) is 6.23. The van der Waals surface area contributed by atoms with Gasteiger partial charge in [0.1, 0.15) is 11.6 Å². The summed E-state index contributed by atoms with van der Waals surface area (Å²) in [5.41, 5.74) is -0.691. The van der Waals surface area contributed by atoms with E-state index in [1.54, 1.807) is 11.0 Å². The Labute approximate surface area is 115 Å². The number of nitrogens with one attached hydrogen (secondary N) is 1. The van der Waals surface area contributed by atoms with Crippen molar-refractivity contribution in [2.75, 3.05) is 6.54 Å². The van der Waals surface area contributed by atoms with E-state index >= 15 is 0 Å². The highest BCUT2D eigenvalue weighted by atomic mass is 16.2. The molecule has 0 aromatic heterocycles. The van der Waals surface area contributed by atoms with Gasteiger partial charge in [-0.1, -0.05) is 19.9 Å². The molecule has 1 saturated carbocycles. The number of carbonyl (C=O) groups is 2. The van der Waals surface area contributed by atoms with E-state index in [0.717, 1.165) is 19.3 Å². The summed E-state index contributed by atoms with van der Waals surface area (Å²) in [6.07, 6.45) is 4.59. The van der Waals surface area contributed by atoms with E-state index in [1.165, 1.54) is 0 Å². The minimum absolute atomic E-state index is 0.00642. The average Bonchev–Trinajstić information content (AvgIpc) is 3.15. The van der Waals surface area contributed by atoms with E-state index in [9.17, 15) is 9.59 Å². The summed E-state index contributed by atoms with van der Waals surface area (Å²) in [5.74, 6) is 0.504. The monoisotopic (exact) mass is 264 g/mol. The molecule has 2 fully saturated rings. The van der Waals surface area contributed by atoms with Gasteiger partial charge in [0.15, 0.2) is 0 Å². The molecule has 0 radical (unpaired) electrons. The lowest BCUT2D eigenvalue weighted by atomic mass is 9.86. The van der Waals surface area contributed by atoms with Crippen LogP contribution in [-0.4, -0.2) is 34.8 Å². The Morgan fingerprint density at radius 3 is 2.58 bits per heavy atom. The zero-order valence-corrected chi connectivity index (χ0v) is 12.1. The van der Waals surface area contributed by atoms with Crippen LogP contribution in [0.4, 0.5) is 0 Å². The first-order valence-corrected chi connectivity index (χ1v) is 7.15. The first kappa shape index (κ1) is 14.1. The maximum Gasteiger partial charge on any atom is 0.249 e. The van der Waals surface area contributed by atoms with Crippen LogP contribution in [0.1, 0.15) is 40.0 Å². The molecule has 0 aromatic rings. The third-order valence-electron chi connectivity index (χ3n) is 4.29. The Hall–Kier alpha value is -1.32. The second kappa shape index (κ2) is 4.99. The molecule has 2 aliphatic rings. The fraction of sp³-hybridized carbons (Fsp3) is 0.733. The third kappa shape index (κ3) is 2.40. The quantitative estimate of drug-likeness (QED) is 0.769. The zero-order valence-electron chi connectivity index (χ0n) is 12.1. The maximum atomic E-state index is 12.8. The van der Waals surface area contributed by atoms with Crippen LogP contribution >= 0.6 is 0 Å². The van der Waals surface area contributed by atoms with E-state index in [-0.39, 0.29) is 23.8 Å². The van der Waals surface area contributed by atoms with Gasteiger partial charge in [-0.05, 0) is 38.0 Å². The van der Waals surface area contributed by atoms with Crippen molar-refractivity contribution in [3.05, 3.63) is 12.7 Å². The molecule has 2 rings (SSSR count). The molecular weight excluding hydrogens is 240 g/mol.